The first-order valence-corrected chi connectivity index (χ1v) is 12.0. The highest BCUT2D eigenvalue weighted by molar-refractivity contribution is 6.01. The van der Waals surface area contributed by atoms with Gasteiger partial charge < -0.3 is 10.1 Å². The van der Waals surface area contributed by atoms with E-state index in [0.717, 1.165) is 35.3 Å². The summed E-state index contributed by atoms with van der Waals surface area (Å²) >= 11 is 0. The lowest BCUT2D eigenvalue weighted by Crippen LogP contribution is -2.31. The second kappa shape index (κ2) is 9.41. The third kappa shape index (κ3) is 4.39. The average molecular weight is 486 g/mol. The molecule has 9 heteroatoms. The van der Waals surface area contributed by atoms with Crippen LogP contribution in [-0.2, 0) is 16.1 Å². The molecule has 0 unspecified atom stereocenters. The van der Waals surface area contributed by atoms with Gasteiger partial charge in [-0.2, -0.15) is 10.2 Å². The molecule has 0 atom stereocenters. The molecule has 184 valence electrons. The number of aryl methyl sites for hydroxylation is 2. The number of carbonyl (C=O) groups is 2. The molecule has 1 aliphatic rings. The van der Waals surface area contributed by atoms with Gasteiger partial charge in [0.05, 0.1) is 35.4 Å². The Labute approximate surface area is 207 Å². The van der Waals surface area contributed by atoms with Crippen molar-refractivity contribution >= 4 is 28.5 Å². The summed E-state index contributed by atoms with van der Waals surface area (Å²) in [5.41, 5.74) is 4.25. The Morgan fingerprint density at radius 3 is 2.64 bits per heavy atom. The van der Waals surface area contributed by atoms with E-state index in [-0.39, 0.29) is 24.6 Å². The summed E-state index contributed by atoms with van der Waals surface area (Å²) in [5.74, 6) is -0.762. The standard InChI is InChI=1S/C27H27N5O4/c1-4-36-27(35)19-7-5-6-8-21(19)29-23(33)15-31-26(34)25-20(24(30-31)18-10-11-18)14-28-32(25)22-12-9-16(2)13-17(22)3/h5-9,12-14,18H,4,10-11,15H2,1-3H3,(H,29,33). The maximum Gasteiger partial charge on any atom is 0.340 e. The maximum atomic E-state index is 13.6. The van der Waals surface area contributed by atoms with Crippen LogP contribution in [0.25, 0.3) is 16.6 Å². The Bertz CT molecular complexity index is 1550. The van der Waals surface area contributed by atoms with Crippen LogP contribution in [0.15, 0.2) is 53.5 Å². The Morgan fingerprint density at radius 2 is 1.92 bits per heavy atom. The van der Waals surface area contributed by atoms with Crippen molar-refractivity contribution in [1.29, 1.82) is 0 Å². The van der Waals surface area contributed by atoms with Crippen LogP contribution in [0.5, 0.6) is 0 Å². The fraction of sp³-hybridized carbons (Fsp3) is 0.296. The topological polar surface area (TPSA) is 108 Å². The summed E-state index contributed by atoms with van der Waals surface area (Å²) in [7, 11) is 0. The SMILES string of the molecule is CCOC(=O)c1ccccc1NC(=O)Cn1nc(C2CC2)c2cnn(-c3ccc(C)cc3C)c2c1=O. The number of aromatic nitrogens is 4. The van der Waals surface area contributed by atoms with Crippen molar-refractivity contribution in [3.8, 4) is 5.69 Å². The smallest absolute Gasteiger partial charge is 0.340 e. The molecule has 5 rings (SSSR count). The van der Waals surface area contributed by atoms with Gasteiger partial charge >= 0.3 is 5.97 Å². The lowest BCUT2D eigenvalue weighted by molar-refractivity contribution is -0.117. The molecule has 0 bridgehead atoms. The summed E-state index contributed by atoms with van der Waals surface area (Å²) in [5, 5.41) is 12.6. The van der Waals surface area contributed by atoms with Crippen LogP contribution < -0.4 is 10.9 Å². The van der Waals surface area contributed by atoms with Gasteiger partial charge in [-0.15, -0.1) is 0 Å². The molecule has 1 saturated carbocycles. The molecule has 0 aliphatic heterocycles. The molecule has 2 heterocycles. The molecule has 1 fully saturated rings. The highest BCUT2D eigenvalue weighted by atomic mass is 16.5. The number of benzene rings is 2. The number of rotatable bonds is 7. The number of anilines is 1. The molecule has 0 saturated heterocycles. The number of hydrogen-bond donors (Lipinski definition) is 1. The maximum absolute atomic E-state index is 13.6. The minimum absolute atomic E-state index is 0.221. The lowest BCUT2D eigenvalue weighted by atomic mass is 10.1. The van der Waals surface area contributed by atoms with Crippen molar-refractivity contribution in [2.45, 2.75) is 46.1 Å². The third-order valence-electron chi connectivity index (χ3n) is 6.25. The number of esters is 1. The molecule has 2 aromatic carbocycles. The second-order valence-corrected chi connectivity index (χ2v) is 9.05. The fourth-order valence-electron chi connectivity index (χ4n) is 4.39. The van der Waals surface area contributed by atoms with Crippen LogP contribution in [0.4, 0.5) is 5.69 Å². The first-order valence-electron chi connectivity index (χ1n) is 12.0. The zero-order chi connectivity index (χ0) is 25.4. The van der Waals surface area contributed by atoms with E-state index in [1.165, 1.54) is 4.68 Å². The first-order chi connectivity index (χ1) is 17.4. The zero-order valence-electron chi connectivity index (χ0n) is 20.4. The fourth-order valence-corrected chi connectivity index (χ4v) is 4.39. The minimum atomic E-state index is -0.529. The quantitative estimate of drug-likeness (QED) is 0.398. The number of carbonyl (C=O) groups excluding carboxylic acids is 2. The molecule has 2 aromatic heterocycles. The third-order valence-corrected chi connectivity index (χ3v) is 6.25. The molecule has 4 aromatic rings. The normalized spacial score (nSPS) is 13.1. The van der Waals surface area contributed by atoms with Crippen LogP contribution in [0.3, 0.4) is 0 Å². The van der Waals surface area contributed by atoms with Gasteiger partial charge in [-0.25, -0.2) is 14.2 Å². The van der Waals surface area contributed by atoms with Crippen molar-refractivity contribution in [2.75, 3.05) is 11.9 Å². The number of para-hydroxylation sites is 1. The van der Waals surface area contributed by atoms with E-state index in [1.54, 1.807) is 42.1 Å². The number of hydrogen-bond acceptors (Lipinski definition) is 6. The van der Waals surface area contributed by atoms with Crippen molar-refractivity contribution < 1.29 is 14.3 Å². The molecule has 0 spiro atoms. The van der Waals surface area contributed by atoms with Gasteiger partial charge in [0.15, 0.2) is 0 Å². The Kier molecular flexibility index (Phi) is 6.13. The van der Waals surface area contributed by atoms with E-state index in [1.807, 2.05) is 32.0 Å². The number of fused-ring (bicyclic) bond motifs is 1. The lowest BCUT2D eigenvalue weighted by Gasteiger charge is -2.13. The Hall–Kier alpha value is -4.27. The highest BCUT2D eigenvalue weighted by Crippen LogP contribution is 2.41. The molecule has 1 aliphatic carbocycles. The van der Waals surface area contributed by atoms with Crippen molar-refractivity contribution in [3.63, 3.8) is 0 Å². The summed E-state index contributed by atoms with van der Waals surface area (Å²) in [6.07, 6.45) is 3.65. The van der Waals surface area contributed by atoms with Crippen molar-refractivity contribution in [2.24, 2.45) is 0 Å². The molecule has 1 N–H and O–H groups in total. The van der Waals surface area contributed by atoms with Gasteiger partial charge in [-0.1, -0.05) is 29.8 Å². The van der Waals surface area contributed by atoms with E-state index in [9.17, 15) is 14.4 Å². The summed E-state index contributed by atoms with van der Waals surface area (Å²) in [4.78, 5) is 38.9. The van der Waals surface area contributed by atoms with Crippen LogP contribution in [0.2, 0.25) is 0 Å². The van der Waals surface area contributed by atoms with E-state index < -0.39 is 17.4 Å². The largest absolute Gasteiger partial charge is 0.462 e. The minimum Gasteiger partial charge on any atom is -0.462 e. The van der Waals surface area contributed by atoms with E-state index in [0.29, 0.717) is 16.6 Å². The van der Waals surface area contributed by atoms with Crippen LogP contribution in [0, 0.1) is 13.8 Å². The van der Waals surface area contributed by atoms with Crippen molar-refractivity contribution in [3.05, 3.63) is 81.4 Å². The van der Waals surface area contributed by atoms with E-state index in [4.69, 9.17) is 4.74 Å². The van der Waals surface area contributed by atoms with Gasteiger partial charge in [-0.05, 0) is 57.4 Å². The second-order valence-electron chi connectivity index (χ2n) is 9.05. The molecular formula is C27H27N5O4. The molecule has 0 radical (unpaired) electrons. The number of ether oxygens (including phenoxy) is 1. The highest BCUT2D eigenvalue weighted by Gasteiger charge is 2.30. The number of nitrogens with one attached hydrogen (secondary N) is 1. The molecule has 36 heavy (non-hydrogen) atoms. The van der Waals surface area contributed by atoms with Gasteiger partial charge in [0.2, 0.25) is 5.91 Å². The van der Waals surface area contributed by atoms with Gasteiger partial charge in [0, 0.05) is 11.3 Å². The first kappa shape index (κ1) is 23.5. The van der Waals surface area contributed by atoms with Crippen molar-refractivity contribution in [1.82, 2.24) is 19.6 Å². The predicted molar refractivity (Wildman–Crippen MR) is 136 cm³/mol. The number of nitrogens with zero attached hydrogens (tertiary/aromatic N) is 4. The monoisotopic (exact) mass is 485 g/mol. The van der Waals surface area contributed by atoms with Crippen LogP contribution >= 0.6 is 0 Å². The van der Waals surface area contributed by atoms with Crippen LogP contribution in [0.1, 0.15) is 52.9 Å². The molecule has 1 amide bonds. The summed E-state index contributed by atoms with van der Waals surface area (Å²) in [6.45, 7) is 5.63. The molecule has 9 nitrogen and oxygen atoms in total. The van der Waals surface area contributed by atoms with Crippen LogP contribution in [-0.4, -0.2) is 38.0 Å². The van der Waals surface area contributed by atoms with Gasteiger partial charge in [0.1, 0.15) is 12.1 Å². The van der Waals surface area contributed by atoms with E-state index in [2.05, 4.69) is 15.5 Å². The average Bonchev–Trinajstić information content (AvgIpc) is 3.60. The summed E-state index contributed by atoms with van der Waals surface area (Å²) < 4.78 is 7.92. The van der Waals surface area contributed by atoms with E-state index >= 15 is 0 Å². The Balaban J connectivity index is 1.53. The zero-order valence-corrected chi connectivity index (χ0v) is 20.4. The Morgan fingerprint density at radius 1 is 1.14 bits per heavy atom. The molecular weight excluding hydrogens is 458 g/mol. The van der Waals surface area contributed by atoms with Gasteiger partial charge in [-0.3, -0.25) is 9.59 Å². The predicted octanol–water partition coefficient (Wildman–Crippen LogP) is 3.89. The number of amides is 1. The summed E-state index contributed by atoms with van der Waals surface area (Å²) in [6, 6.07) is 12.6. The van der Waals surface area contributed by atoms with Gasteiger partial charge in [0.25, 0.3) is 5.56 Å².